The van der Waals surface area contributed by atoms with E-state index in [0.717, 1.165) is 28.9 Å². The Morgan fingerprint density at radius 1 is 1.12 bits per heavy atom. The van der Waals surface area contributed by atoms with Crippen molar-refractivity contribution >= 4 is 17.8 Å². The third-order valence-corrected chi connectivity index (χ3v) is 4.47. The minimum Gasteiger partial charge on any atom is -0.496 e. The highest BCUT2D eigenvalue weighted by Gasteiger charge is 2.21. The van der Waals surface area contributed by atoms with E-state index in [0.29, 0.717) is 11.5 Å². The molecule has 1 aliphatic heterocycles. The normalized spacial score (nSPS) is 15.3. The fourth-order valence-electron chi connectivity index (χ4n) is 2.82. The quantitative estimate of drug-likeness (QED) is 0.865. The average molecular weight is 334 g/mol. The zero-order valence-corrected chi connectivity index (χ0v) is 15.0. The van der Waals surface area contributed by atoms with Gasteiger partial charge in [-0.1, -0.05) is 25.1 Å². The van der Waals surface area contributed by atoms with Crippen molar-refractivity contribution in [3.8, 4) is 5.75 Å². The summed E-state index contributed by atoms with van der Waals surface area (Å²) >= 11 is 0. The summed E-state index contributed by atoms with van der Waals surface area (Å²) in [5.74, 6) is 1.28. The van der Waals surface area contributed by atoms with Crippen LogP contribution >= 0.6 is 0 Å². The first-order chi connectivity index (χ1) is 12.0. The Hall–Kier alpha value is -2.88. The van der Waals surface area contributed by atoms with Crippen molar-refractivity contribution in [2.75, 3.05) is 7.11 Å². The smallest absolute Gasteiger partial charge is 0.275 e. The zero-order valence-electron chi connectivity index (χ0n) is 15.0. The molecular weight excluding hydrogens is 312 g/mol. The molecule has 1 heterocycles. The molecule has 0 radical (unpaired) electrons. The van der Waals surface area contributed by atoms with Crippen molar-refractivity contribution < 1.29 is 9.53 Å². The first-order valence-electron chi connectivity index (χ1n) is 8.38. The Morgan fingerprint density at radius 2 is 1.92 bits per heavy atom. The first kappa shape index (κ1) is 17.0. The van der Waals surface area contributed by atoms with Crippen LogP contribution in [0.15, 0.2) is 47.1 Å². The number of amides is 1. The van der Waals surface area contributed by atoms with Gasteiger partial charge in [0.15, 0.2) is 0 Å². The molecular formula is C21H22N2O2. The molecule has 0 unspecified atom stereocenters. The second-order valence-electron chi connectivity index (χ2n) is 6.17. The van der Waals surface area contributed by atoms with Crippen molar-refractivity contribution in [1.29, 1.82) is 0 Å². The van der Waals surface area contributed by atoms with Crippen molar-refractivity contribution in [2.45, 2.75) is 27.2 Å². The van der Waals surface area contributed by atoms with Crippen LogP contribution in [0.25, 0.3) is 6.08 Å². The summed E-state index contributed by atoms with van der Waals surface area (Å²) in [5, 5.41) is 2.86. The van der Waals surface area contributed by atoms with Gasteiger partial charge in [0.05, 0.1) is 7.11 Å². The number of aryl methyl sites for hydroxylation is 3. The Labute approximate surface area is 148 Å². The van der Waals surface area contributed by atoms with E-state index in [-0.39, 0.29) is 5.91 Å². The number of hydrogen-bond donors (Lipinski definition) is 1. The molecule has 2 aromatic carbocycles. The highest BCUT2D eigenvalue weighted by atomic mass is 16.5. The van der Waals surface area contributed by atoms with E-state index in [2.05, 4.69) is 31.1 Å². The predicted octanol–water partition coefficient (Wildman–Crippen LogP) is 3.79. The summed E-state index contributed by atoms with van der Waals surface area (Å²) in [6, 6.07) is 11.9. The maximum Gasteiger partial charge on any atom is 0.275 e. The summed E-state index contributed by atoms with van der Waals surface area (Å²) in [7, 11) is 1.66. The predicted molar refractivity (Wildman–Crippen MR) is 101 cm³/mol. The van der Waals surface area contributed by atoms with Gasteiger partial charge in [0.2, 0.25) is 0 Å². The van der Waals surface area contributed by atoms with Gasteiger partial charge in [-0.2, -0.15) is 0 Å². The number of rotatable bonds is 4. The van der Waals surface area contributed by atoms with Crippen LogP contribution in [0, 0.1) is 13.8 Å². The third-order valence-electron chi connectivity index (χ3n) is 4.47. The summed E-state index contributed by atoms with van der Waals surface area (Å²) in [5.41, 5.74) is 5.77. The topological polar surface area (TPSA) is 50.7 Å². The molecule has 0 spiro atoms. The number of amidine groups is 1. The van der Waals surface area contributed by atoms with E-state index >= 15 is 0 Å². The number of ether oxygens (including phenoxy) is 1. The Bertz CT molecular complexity index is 895. The summed E-state index contributed by atoms with van der Waals surface area (Å²) in [6.45, 7) is 6.19. The number of carbonyl (C=O) groups excluding carboxylic acids is 1. The highest BCUT2D eigenvalue weighted by molar-refractivity contribution is 6.19. The molecule has 0 bridgehead atoms. The second kappa shape index (κ2) is 6.93. The molecule has 1 N–H and O–H groups in total. The van der Waals surface area contributed by atoms with Crippen molar-refractivity contribution in [2.24, 2.45) is 4.99 Å². The fraction of sp³-hybridized carbons (Fsp3) is 0.238. The van der Waals surface area contributed by atoms with E-state index in [1.807, 2.05) is 42.5 Å². The molecule has 4 nitrogen and oxygen atoms in total. The van der Waals surface area contributed by atoms with Gasteiger partial charge in [-0.05, 0) is 66.8 Å². The summed E-state index contributed by atoms with van der Waals surface area (Å²) in [6.07, 6.45) is 2.67. The highest BCUT2D eigenvalue weighted by Crippen LogP contribution is 2.23. The number of nitrogens with one attached hydrogen (secondary N) is 1. The monoisotopic (exact) mass is 334 g/mol. The van der Waals surface area contributed by atoms with Crippen LogP contribution < -0.4 is 10.1 Å². The van der Waals surface area contributed by atoms with Gasteiger partial charge in [0.25, 0.3) is 5.91 Å². The maximum absolute atomic E-state index is 12.3. The van der Waals surface area contributed by atoms with Gasteiger partial charge in [0, 0.05) is 5.56 Å². The lowest BCUT2D eigenvalue weighted by atomic mass is 10.1. The minimum atomic E-state index is -0.179. The molecule has 3 rings (SSSR count). The Balaban J connectivity index is 1.94. The van der Waals surface area contributed by atoms with Crippen LogP contribution in [0.5, 0.6) is 5.75 Å². The first-order valence-corrected chi connectivity index (χ1v) is 8.38. The van der Waals surface area contributed by atoms with Gasteiger partial charge in [-0.3, -0.25) is 4.79 Å². The lowest BCUT2D eigenvalue weighted by Crippen LogP contribution is -2.24. The lowest BCUT2D eigenvalue weighted by molar-refractivity contribution is -0.115. The van der Waals surface area contributed by atoms with Gasteiger partial charge in [0.1, 0.15) is 17.3 Å². The third kappa shape index (κ3) is 3.48. The second-order valence-corrected chi connectivity index (χ2v) is 6.17. The zero-order chi connectivity index (χ0) is 18.0. The van der Waals surface area contributed by atoms with Crippen LogP contribution in [0.4, 0.5) is 0 Å². The van der Waals surface area contributed by atoms with E-state index in [1.54, 1.807) is 7.11 Å². The van der Waals surface area contributed by atoms with Gasteiger partial charge < -0.3 is 10.1 Å². The van der Waals surface area contributed by atoms with Crippen LogP contribution in [0.1, 0.15) is 34.7 Å². The summed E-state index contributed by atoms with van der Waals surface area (Å²) < 4.78 is 5.35. The molecule has 0 atom stereocenters. The SMILES string of the molecule is CCc1cc(/C=C2/N=C(c3ccc(C)c(C)c3)NC2=O)ccc1OC. The number of hydrogen-bond acceptors (Lipinski definition) is 3. The average Bonchev–Trinajstić information content (AvgIpc) is 2.97. The lowest BCUT2D eigenvalue weighted by Gasteiger charge is -2.07. The molecule has 0 fully saturated rings. The van der Waals surface area contributed by atoms with Gasteiger partial charge in [-0.15, -0.1) is 0 Å². The molecule has 25 heavy (non-hydrogen) atoms. The molecule has 128 valence electrons. The molecule has 2 aromatic rings. The molecule has 1 aliphatic rings. The van der Waals surface area contributed by atoms with Crippen LogP contribution in [0.2, 0.25) is 0 Å². The molecule has 0 saturated carbocycles. The fourth-order valence-corrected chi connectivity index (χ4v) is 2.82. The van der Waals surface area contributed by atoms with Crippen molar-refractivity contribution in [1.82, 2.24) is 5.32 Å². The van der Waals surface area contributed by atoms with E-state index in [1.165, 1.54) is 11.1 Å². The van der Waals surface area contributed by atoms with E-state index in [9.17, 15) is 4.79 Å². The molecule has 1 amide bonds. The standard InChI is InChI=1S/C21H22N2O2/c1-5-16-11-15(7-9-19(16)25-4)12-18-21(24)23-20(22-18)17-8-6-13(2)14(3)10-17/h6-12H,5H2,1-4H3,(H,22,23,24)/b18-12+. The van der Waals surface area contributed by atoms with Crippen molar-refractivity contribution in [3.05, 3.63) is 69.9 Å². The van der Waals surface area contributed by atoms with E-state index in [4.69, 9.17) is 4.74 Å². The number of nitrogens with zero attached hydrogens (tertiary/aromatic N) is 1. The molecule has 0 aromatic heterocycles. The molecule has 0 aliphatic carbocycles. The van der Waals surface area contributed by atoms with Gasteiger partial charge in [-0.25, -0.2) is 4.99 Å². The number of methoxy groups -OCH3 is 1. The Kier molecular flexibility index (Phi) is 4.70. The summed E-state index contributed by atoms with van der Waals surface area (Å²) in [4.78, 5) is 16.8. The van der Waals surface area contributed by atoms with Gasteiger partial charge >= 0.3 is 0 Å². The molecule has 4 heteroatoms. The largest absolute Gasteiger partial charge is 0.496 e. The Morgan fingerprint density at radius 3 is 2.60 bits per heavy atom. The minimum absolute atomic E-state index is 0.179. The van der Waals surface area contributed by atoms with E-state index < -0.39 is 0 Å². The number of carbonyl (C=O) groups is 1. The number of benzene rings is 2. The van der Waals surface area contributed by atoms with Crippen LogP contribution in [0.3, 0.4) is 0 Å². The molecule has 0 saturated heterocycles. The van der Waals surface area contributed by atoms with Crippen molar-refractivity contribution in [3.63, 3.8) is 0 Å². The maximum atomic E-state index is 12.3. The van der Waals surface area contributed by atoms with Crippen LogP contribution in [-0.4, -0.2) is 18.9 Å². The number of aliphatic imine (C=N–C) groups is 1. The van der Waals surface area contributed by atoms with Crippen LogP contribution in [-0.2, 0) is 11.2 Å².